The van der Waals surface area contributed by atoms with Gasteiger partial charge in [0.2, 0.25) is 0 Å². The molecule has 0 aromatic carbocycles. The maximum Gasteiger partial charge on any atom is 0.0517 e. The van der Waals surface area contributed by atoms with Gasteiger partial charge in [0.05, 0.1) is 6.61 Å². The number of terminal acetylenes is 1. The second-order valence-corrected chi connectivity index (χ2v) is 2.83. The monoisotopic (exact) mass is 128 g/mol. The first kappa shape index (κ1) is 6.08. The fraction of sp³-hybridized carbons (Fsp3) is 0.667. The molecule has 0 aliphatic carbocycles. The zero-order valence-corrected chi connectivity index (χ0v) is 5.68. The molecule has 0 aromatic heterocycles. The van der Waals surface area contributed by atoms with Gasteiger partial charge in [-0.15, -0.1) is 12.3 Å². The molecule has 1 aliphatic heterocycles. The van der Waals surface area contributed by atoms with Crippen LogP contribution in [0.3, 0.4) is 0 Å². The molecule has 8 heavy (non-hydrogen) atoms. The number of hydrogen-bond acceptors (Lipinski definition) is 1. The third kappa shape index (κ3) is 1.47. The van der Waals surface area contributed by atoms with Gasteiger partial charge in [-0.1, -0.05) is 0 Å². The summed E-state index contributed by atoms with van der Waals surface area (Å²) in [7, 11) is 0.646. The summed E-state index contributed by atoms with van der Waals surface area (Å²) in [5.74, 6) is 3.23. The van der Waals surface area contributed by atoms with E-state index in [1.54, 1.807) is 0 Å². The molecule has 2 atom stereocenters. The predicted molar refractivity (Wildman–Crippen MR) is 36.1 cm³/mol. The maximum atomic E-state index is 5.20. The normalized spacial score (nSPS) is 32.1. The Morgan fingerprint density at radius 2 is 2.62 bits per heavy atom. The zero-order valence-electron chi connectivity index (χ0n) is 4.68. The molecule has 0 aromatic rings. The minimum Gasteiger partial charge on any atom is -0.362 e. The van der Waals surface area contributed by atoms with Crippen molar-refractivity contribution in [3.63, 3.8) is 0 Å². The van der Waals surface area contributed by atoms with Crippen LogP contribution in [-0.2, 0) is 4.52 Å². The van der Waals surface area contributed by atoms with E-state index in [0.717, 1.165) is 19.2 Å². The molecule has 2 heteroatoms. The van der Waals surface area contributed by atoms with Crippen molar-refractivity contribution in [1.29, 1.82) is 0 Å². The van der Waals surface area contributed by atoms with Crippen LogP contribution in [0.2, 0.25) is 0 Å². The molecule has 0 bridgehead atoms. The van der Waals surface area contributed by atoms with Crippen LogP contribution in [0.1, 0.15) is 6.42 Å². The Kier molecular flexibility index (Phi) is 2.33. The molecule has 0 spiro atoms. The van der Waals surface area contributed by atoms with E-state index in [9.17, 15) is 0 Å². The van der Waals surface area contributed by atoms with Gasteiger partial charge in [0.1, 0.15) is 0 Å². The van der Waals surface area contributed by atoms with Crippen LogP contribution in [0, 0.1) is 18.3 Å². The largest absolute Gasteiger partial charge is 0.362 e. The van der Waals surface area contributed by atoms with Gasteiger partial charge in [0.25, 0.3) is 0 Å². The lowest BCUT2D eigenvalue weighted by molar-refractivity contribution is 0.314. The van der Waals surface area contributed by atoms with Crippen LogP contribution in [-0.4, -0.2) is 12.8 Å². The van der Waals surface area contributed by atoms with Crippen LogP contribution in [0.25, 0.3) is 0 Å². The Morgan fingerprint density at radius 3 is 3.00 bits per heavy atom. The van der Waals surface area contributed by atoms with Crippen molar-refractivity contribution < 1.29 is 4.52 Å². The number of rotatable bonds is 0. The van der Waals surface area contributed by atoms with Gasteiger partial charge < -0.3 is 4.52 Å². The van der Waals surface area contributed by atoms with Gasteiger partial charge in [-0.2, -0.15) is 0 Å². The Labute approximate surface area is 51.7 Å². The van der Waals surface area contributed by atoms with Crippen molar-refractivity contribution in [2.45, 2.75) is 6.42 Å². The molecule has 0 N–H and O–H groups in total. The Balaban J connectivity index is 2.25. The molecule has 44 valence electrons. The molecule has 1 fully saturated rings. The highest BCUT2D eigenvalue weighted by Gasteiger charge is 2.09. The summed E-state index contributed by atoms with van der Waals surface area (Å²) in [6, 6.07) is 0. The van der Waals surface area contributed by atoms with Crippen LogP contribution in [0.15, 0.2) is 0 Å². The van der Waals surface area contributed by atoms with Crippen LogP contribution in [0.5, 0.6) is 0 Å². The Bertz CT molecular complexity index is 99.6. The second-order valence-electron chi connectivity index (χ2n) is 1.85. The smallest absolute Gasteiger partial charge is 0.0517 e. The molecule has 0 radical (unpaired) electrons. The van der Waals surface area contributed by atoms with Gasteiger partial charge in [0.15, 0.2) is 0 Å². The SMILES string of the molecule is C#CC1CCOPC1. The molecule has 2 unspecified atom stereocenters. The highest BCUT2D eigenvalue weighted by atomic mass is 31.1. The van der Waals surface area contributed by atoms with Crippen LogP contribution >= 0.6 is 8.81 Å². The third-order valence-electron chi connectivity index (χ3n) is 1.24. The highest BCUT2D eigenvalue weighted by Crippen LogP contribution is 2.24. The summed E-state index contributed by atoms with van der Waals surface area (Å²) in [5.41, 5.74) is 0. The van der Waals surface area contributed by atoms with Gasteiger partial charge >= 0.3 is 0 Å². The lowest BCUT2D eigenvalue weighted by Gasteiger charge is -2.15. The standard InChI is InChI=1S/C6H9OP/c1-2-6-3-4-7-8-5-6/h1,6,8H,3-5H2. The molecule has 1 rings (SSSR count). The first-order valence-electron chi connectivity index (χ1n) is 2.74. The highest BCUT2D eigenvalue weighted by molar-refractivity contribution is 7.32. The van der Waals surface area contributed by atoms with Gasteiger partial charge in [0, 0.05) is 20.9 Å². The summed E-state index contributed by atoms with van der Waals surface area (Å²) >= 11 is 0. The quantitative estimate of drug-likeness (QED) is 0.352. The summed E-state index contributed by atoms with van der Waals surface area (Å²) in [6.45, 7) is 0.868. The van der Waals surface area contributed by atoms with Crippen molar-refractivity contribution >= 4 is 8.81 Å². The molecular formula is C6H9OP. The minimum absolute atomic E-state index is 0.502. The first-order valence-corrected chi connectivity index (χ1v) is 3.86. The summed E-state index contributed by atoms with van der Waals surface area (Å²) in [5, 5.41) is 0. The molecular weight excluding hydrogens is 119 g/mol. The second kappa shape index (κ2) is 3.07. The average Bonchev–Trinajstić information content (AvgIpc) is 1.90. The van der Waals surface area contributed by atoms with E-state index in [0.29, 0.717) is 14.7 Å². The molecule has 1 saturated heterocycles. The average molecular weight is 128 g/mol. The Morgan fingerprint density at radius 1 is 1.75 bits per heavy atom. The molecule has 1 aliphatic rings. The lowest BCUT2D eigenvalue weighted by Crippen LogP contribution is -2.08. The van der Waals surface area contributed by atoms with E-state index in [2.05, 4.69) is 5.92 Å². The van der Waals surface area contributed by atoms with Crippen molar-refractivity contribution in [2.75, 3.05) is 12.8 Å². The molecule has 1 nitrogen and oxygen atoms in total. The summed E-state index contributed by atoms with van der Waals surface area (Å²) in [4.78, 5) is 0. The summed E-state index contributed by atoms with van der Waals surface area (Å²) in [6.07, 6.45) is 7.34. The zero-order chi connectivity index (χ0) is 5.82. The van der Waals surface area contributed by atoms with Crippen molar-refractivity contribution in [1.82, 2.24) is 0 Å². The van der Waals surface area contributed by atoms with Crippen molar-refractivity contribution in [3.8, 4) is 12.3 Å². The van der Waals surface area contributed by atoms with E-state index in [1.807, 2.05) is 0 Å². The van der Waals surface area contributed by atoms with Crippen molar-refractivity contribution in [2.24, 2.45) is 5.92 Å². The van der Waals surface area contributed by atoms with E-state index in [-0.39, 0.29) is 0 Å². The first-order chi connectivity index (χ1) is 3.93. The van der Waals surface area contributed by atoms with Crippen LogP contribution < -0.4 is 0 Å². The van der Waals surface area contributed by atoms with Gasteiger partial charge in [-0.3, -0.25) is 0 Å². The van der Waals surface area contributed by atoms with Crippen LogP contribution in [0.4, 0.5) is 0 Å². The summed E-state index contributed by atoms with van der Waals surface area (Å²) < 4.78 is 5.13. The Hall–Kier alpha value is -0.0500. The van der Waals surface area contributed by atoms with Gasteiger partial charge in [-0.25, -0.2) is 0 Å². The van der Waals surface area contributed by atoms with E-state index in [1.165, 1.54) is 0 Å². The maximum absolute atomic E-state index is 5.20. The fourth-order valence-corrected chi connectivity index (χ4v) is 1.58. The van der Waals surface area contributed by atoms with E-state index in [4.69, 9.17) is 10.9 Å². The van der Waals surface area contributed by atoms with Gasteiger partial charge in [-0.05, 0) is 6.42 Å². The lowest BCUT2D eigenvalue weighted by atomic mass is 10.1. The molecule has 1 heterocycles. The van der Waals surface area contributed by atoms with Crippen molar-refractivity contribution in [3.05, 3.63) is 0 Å². The number of hydrogen-bond donors (Lipinski definition) is 0. The molecule has 0 saturated carbocycles. The minimum atomic E-state index is 0.502. The van der Waals surface area contributed by atoms with E-state index >= 15 is 0 Å². The third-order valence-corrected chi connectivity index (χ3v) is 2.30. The topological polar surface area (TPSA) is 9.23 Å². The van der Waals surface area contributed by atoms with E-state index < -0.39 is 0 Å². The fourth-order valence-electron chi connectivity index (χ4n) is 0.677. The molecule has 0 amide bonds. The predicted octanol–water partition coefficient (Wildman–Crippen LogP) is 1.25.